The maximum Gasteiger partial charge on any atom is 0.233 e. The Hall–Kier alpha value is -0.300. The predicted octanol–water partition coefficient (Wildman–Crippen LogP) is 2.52. The number of ether oxygens (including phenoxy) is 1. The van der Waals surface area contributed by atoms with E-state index in [9.17, 15) is 4.55 Å². The first kappa shape index (κ1) is 19.7. The monoisotopic (exact) mass is 323 g/mol. The highest BCUT2D eigenvalue weighted by atomic mass is 35.5. The van der Waals surface area contributed by atoms with E-state index in [1.807, 2.05) is 34.6 Å². The lowest BCUT2D eigenvalue weighted by atomic mass is 10.2. The summed E-state index contributed by atoms with van der Waals surface area (Å²) in [5.74, 6) is 0.375. The van der Waals surface area contributed by atoms with Crippen LogP contribution in [0, 0.1) is 0 Å². The minimum Gasteiger partial charge on any atom is -0.598 e. The molecule has 118 valence electrons. The van der Waals surface area contributed by atoms with E-state index in [1.165, 1.54) is 7.11 Å². The van der Waals surface area contributed by atoms with Crippen LogP contribution in [-0.2, 0) is 16.1 Å². The van der Waals surface area contributed by atoms with E-state index in [1.54, 1.807) is 6.92 Å². The van der Waals surface area contributed by atoms with Crippen LogP contribution >= 0.6 is 11.6 Å². The number of alkyl halides is 1. The lowest BCUT2D eigenvalue weighted by molar-refractivity contribution is 0.406. The SMILES string of the molecule is CCN=C(C(=NC(C)Cl)OC)[C@@H](C)N[S+]([O-])C(C)(C)C. The van der Waals surface area contributed by atoms with Gasteiger partial charge >= 0.3 is 0 Å². The van der Waals surface area contributed by atoms with Crippen molar-refractivity contribution in [2.24, 2.45) is 9.98 Å². The molecule has 0 aliphatic rings. The normalized spacial score (nSPS) is 18.6. The maximum absolute atomic E-state index is 12.2. The molecule has 0 saturated carbocycles. The van der Waals surface area contributed by atoms with Crippen LogP contribution in [0.3, 0.4) is 0 Å². The van der Waals surface area contributed by atoms with Crippen molar-refractivity contribution < 1.29 is 9.29 Å². The fourth-order valence-corrected chi connectivity index (χ4v) is 2.21. The number of halogens is 1. The number of nitrogens with one attached hydrogen (secondary N) is 1. The second-order valence-electron chi connectivity index (χ2n) is 5.29. The summed E-state index contributed by atoms with van der Waals surface area (Å²) in [4.78, 5) is 8.58. The molecule has 0 aromatic carbocycles. The first-order valence-corrected chi connectivity index (χ1v) is 8.20. The summed E-state index contributed by atoms with van der Waals surface area (Å²) in [6.45, 7) is 11.9. The van der Waals surface area contributed by atoms with Crippen molar-refractivity contribution in [2.75, 3.05) is 13.7 Å². The molecule has 1 N–H and O–H groups in total. The Morgan fingerprint density at radius 3 is 2.30 bits per heavy atom. The highest BCUT2D eigenvalue weighted by Gasteiger charge is 2.30. The number of rotatable bonds is 6. The third-order valence-corrected chi connectivity index (χ3v) is 4.06. The van der Waals surface area contributed by atoms with Gasteiger partial charge in [-0.3, -0.25) is 4.99 Å². The van der Waals surface area contributed by atoms with E-state index in [2.05, 4.69) is 14.7 Å². The summed E-state index contributed by atoms with van der Waals surface area (Å²) < 4.78 is 20.1. The van der Waals surface area contributed by atoms with Gasteiger partial charge in [0, 0.05) is 17.9 Å². The summed E-state index contributed by atoms with van der Waals surface area (Å²) >= 11 is 4.68. The molecule has 0 aliphatic heterocycles. The number of aliphatic imine (C=N–C) groups is 2. The van der Waals surface area contributed by atoms with Crippen LogP contribution < -0.4 is 4.72 Å². The van der Waals surface area contributed by atoms with Gasteiger partial charge in [0.25, 0.3) is 0 Å². The standard InChI is InChI=1S/C13H26ClN3O2S/c1-8-15-11(12(19-7)16-10(3)14)9(2)17-20(18)13(4,5)6/h9-10,17H,8H2,1-7H3/t9-,10?,20?/m1/s1. The van der Waals surface area contributed by atoms with Gasteiger partial charge in [-0.1, -0.05) is 11.6 Å². The van der Waals surface area contributed by atoms with Gasteiger partial charge in [0.05, 0.1) is 13.2 Å². The van der Waals surface area contributed by atoms with Gasteiger partial charge in [0.2, 0.25) is 5.90 Å². The van der Waals surface area contributed by atoms with Gasteiger partial charge in [-0.05, 0) is 41.5 Å². The lowest BCUT2D eigenvalue weighted by Gasteiger charge is -2.27. The zero-order valence-corrected chi connectivity index (χ0v) is 14.9. The van der Waals surface area contributed by atoms with Gasteiger partial charge < -0.3 is 9.29 Å². The first-order chi connectivity index (χ1) is 9.13. The Morgan fingerprint density at radius 2 is 1.95 bits per heavy atom. The average molecular weight is 324 g/mol. The van der Waals surface area contributed by atoms with Crippen LogP contribution in [0.1, 0.15) is 41.5 Å². The molecule has 2 unspecified atom stereocenters. The van der Waals surface area contributed by atoms with Crippen molar-refractivity contribution in [3.63, 3.8) is 0 Å². The molecule has 0 bridgehead atoms. The summed E-state index contributed by atoms with van der Waals surface area (Å²) in [6, 6.07) is -0.246. The molecule has 0 fully saturated rings. The van der Waals surface area contributed by atoms with E-state index in [0.717, 1.165) is 0 Å². The third kappa shape index (κ3) is 6.92. The summed E-state index contributed by atoms with van der Waals surface area (Å²) in [6.07, 6.45) is 0. The van der Waals surface area contributed by atoms with Gasteiger partial charge in [-0.2, -0.15) is 0 Å². The summed E-state index contributed by atoms with van der Waals surface area (Å²) in [5, 5.41) is 0. The van der Waals surface area contributed by atoms with Crippen LogP contribution in [0.4, 0.5) is 0 Å². The third-order valence-electron chi connectivity index (χ3n) is 2.29. The quantitative estimate of drug-likeness (QED) is 0.268. The minimum absolute atomic E-state index is 0.246. The lowest BCUT2D eigenvalue weighted by Crippen LogP contribution is -2.48. The summed E-state index contributed by atoms with van der Waals surface area (Å²) in [5.41, 5.74) is 0.215. The maximum atomic E-state index is 12.2. The molecule has 7 heteroatoms. The van der Waals surface area contributed by atoms with Crippen LogP contribution in [0.5, 0.6) is 0 Å². The van der Waals surface area contributed by atoms with E-state index in [0.29, 0.717) is 18.2 Å². The van der Waals surface area contributed by atoms with Gasteiger partial charge in [-0.25, -0.2) is 4.99 Å². The number of methoxy groups -OCH3 is 1. The highest BCUT2D eigenvalue weighted by Crippen LogP contribution is 2.14. The van der Waals surface area contributed by atoms with Crippen LogP contribution in [0.15, 0.2) is 9.98 Å². The number of hydrogen-bond acceptors (Lipinski definition) is 5. The second kappa shape index (κ2) is 8.87. The molecule has 0 aromatic rings. The second-order valence-corrected chi connectivity index (χ2v) is 7.92. The first-order valence-electron chi connectivity index (χ1n) is 6.62. The molecule has 20 heavy (non-hydrogen) atoms. The Balaban J connectivity index is 5.15. The van der Waals surface area contributed by atoms with Crippen molar-refractivity contribution in [1.82, 2.24) is 4.72 Å². The molecular weight excluding hydrogens is 298 g/mol. The van der Waals surface area contributed by atoms with E-state index in [4.69, 9.17) is 16.3 Å². The molecule has 0 heterocycles. The molecule has 0 amide bonds. The minimum atomic E-state index is -1.20. The van der Waals surface area contributed by atoms with Crippen molar-refractivity contribution in [3.8, 4) is 0 Å². The zero-order valence-electron chi connectivity index (χ0n) is 13.4. The van der Waals surface area contributed by atoms with E-state index < -0.39 is 16.9 Å². The van der Waals surface area contributed by atoms with E-state index >= 15 is 0 Å². The smallest absolute Gasteiger partial charge is 0.233 e. The zero-order chi connectivity index (χ0) is 15.9. The Kier molecular flexibility index (Phi) is 8.74. The predicted molar refractivity (Wildman–Crippen MR) is 88.2 cm³/mol. The van der Waals surface area contributed by atoms with Crippen molar-refractivity contribution in [1.29, 1.82) is 0 Å². The molecule has 0 rings (SSSR count). The molecule has 0 aromatic heterocycles. The average Bonchev–Trinajstić information content (AvgIpc) is 2.31. The van der Waals surface area contributed by atoms with Gasteiger partial charge in [-0.15, -0.1) is 4.72 Å². The number of nitrogens with zero attached hydrogens (tertiary/aromatic N) is 2. The van der Waals surface area contributed by atoms with Crippen molar-refractivity contribution in [2.45, 2.75) is 57.8 Å². The Bertz CT molecular complexity index is 354. The van der Waals surface area contributed by atoms with Crippen molar-refractivity contribution in [3.05, 3.63) is 0 Å². The molecule has 5 nitrogen and oxygen atoms in total. The topological polar surface area (TPSA) is 69.0 Å². The molecule has 0 radical (unpaired) electrons. The molecule has 0 spiro atoms. The van der Waals surface area contributed by atoms with Crippen molar-refractivity contribution >= 4 is 34.6 Å². The molecule has 3 atom stereocenters. The Morgan fingerprint density at radius 1 is 1.40 bits per heavy atom. The van der Waals surface area contributed by atoms with E-state index in [-0.39, 0.29) is 10.8 Å². The number of hydrogen-bond donors (Lipinski definition) is 1. The van der Waals surface area contributed by atoms with Gasteiger partial charge in [0.15, 0.2) is 0 Å². The fourth-order valence-electron chi connectivity index (χ4n) is 1.34. The molecule has 0 aliphatic carbocycles. The highest BCUT2D eigenvalue weighted by molar-refractivity contribution is 7.90. The Labute approximate surface area is 130 Å². The van der Waals surface area contributed by atoms with Crippen LogP contribution in [0.25, 0.3) is 0 Å². The van der Waals surface area contributed by atoms with Crippen LogP contribution in [0.2, 0.25) is 0 Å². The molecule has 0 saturated heterocycles. The van der Waals surface area contributed by atoms with Crippen LogP contribution in [-0.4, -0.2) is 46.1 Å². The van der Waals surface area contributed by atoms with Gasteiger partial charge in [0.1, 0.15) is 16.0 Å². The summed E-state index contributed by atoms with van der Waals surface area (Å²) in [7, 11) is 1.52. The molecular formula is C13H26ClN3O2S. The largest absolute Gasteiger partial charge is 0.598 e. The fraction of sp³-hybridized carbons (Fsp3) is 0.846.